The molecule has 1 aromatic rings. The highest BCUT2D eigenvalue weighted by atomic mass is 35.5. The average molecular weight is 246 g/mol. The zero-order valence-electron chi connectivity index (χ0n) is 8.19. The molecule has 2 rings (SSSR count). The van der Waals surface area contributed by atoms with Crippen LogP contribution in [0.2, 0.25) is 5.02 Å². The third-order valence-corrected chi connectivity index (χ3v) is 4.36. The molecular formula is C10H12ClNO2S. The lowest BCUT2D eigenvalue weighted by atomic mass is 10.3. The topological polar surface area (TPSA) is 37.4 Å². The van der Waals surface area contributed by atoms with Crippen molar-refractivity contribution >= 4 is 27.1 Å². The van der Waals surface area contributed by atoms with Crippen molar-refractivity contribution < 1.29 is 8.42 Å². The molecule has 1 aliphatic heterocycles. The van der Waals surface area contributed by atoms with Crippen molar-refractivity contribution in [2.75, 3.05) is 29.5 Å². The summed E-state index contributed by atoms with van der Waals surface area (Å²) in [7, 11) is -2.81. The van der Waals surface area contributed by atoms with Gasteiger partial charge in [0, 0.05) is 23.8 Å². The molecule has 5 heteroatoms. The monoisotopic (exact) mass is 245 g/mol. The van der Waals surface area contributed by atoms with E-state index in [-0.39, 0.29) is 11.5 Å². The smallest absolute Gasteiger partial charge is 0.153 e. The molecule has 1 heterocycles. The van der Waals surface area contributed by atoms with Crippen LogP contribution in [0.15, 0.2) is 24.3 Å². The van der Waals surface area contributed by atoms with Crippen molar-refractivity contribution in [1.82, 2.24) is 0 Å². The molecule has 0 spiro atoms. The number of anilines is 1. The number of sulfone groups is 1. The minimum Gasteiger partial charge on any atom is -0.369 e. The second-order valence-corrected chi connectivity index (χ2v) is 6.36. The molecular weight excluding hydrogens is 234 g/mol. The maximum Gasteiger partial charge on any atom is 0.153 e. The molecule has 3 nitrogen and oxygen atoms in total. The minimum absolute atomic E-state index is 0.236. The van der Waals surface area contributed by atoms with Gasteiger partial charge < -0.3 is 4.90 Å². The van der Waals surface area contributed by atoms with E-state index in [1.54, 1.807) is 0 Å². The summed E-state index contributed by atoms with van der Waals surface area (Å²) in [6, 6.07) is 7.50. The second-order valence-electron chi connectivity index (χ2n) is 3.62. The fraction of sp³-hybridized carbons (Fsp3) is 0.400. The van der Waals surface area contributed by atoms with Gasteiger partial charge in [-0.25, -0.2) is 8.42 Å². The minimum atomic E-state index is -2.81. The number of hydrogen-bond donors (Lipinski definition) is 0. The summed E-state index contributed by atoms with van der Waals surface area (Å²) in [5.41, 5.74) is 0.998. The molecule has 0 radical (unpaired) electrons. The van der Waals surface area contributed by atoms with Crippen molar-refractivity contribution in [2.45, 2.75) is 0 Å². The number of hydrogen-bond acceptors (Lipinski definition) is 3. The highest BCUT2D eigenvalue weighted by Crippen LogP contribution is 2.21. The van der Waals surface area contributed by atoms with Crippen molar-refractivity contribution in [3.63, 3.8) is 0 Å². The molecule has 0 saturated carbocycles. The summed E-state index contributed by atoms with van der Waals surface area (Å²) >= 11 is 5.88. The van der Waals surface area contributed by atoms with Gasteiger partial charge in [-0.2, -0.15) is 0 Å². The van der Waals surface area contributed by atoms with Crippen molar-refractivity contribution in [2.24, 2.45) is 0 Å². The summed E-state index contributed by atoms with van der Waals surface area (Å²) in [5, 5.41) is 0.681. The third-order valence-electron chi connectivity index (χ3n) is 2.52. The van der Waals surface area contributed by atoms with Crippen LogP contribution in [0, 0.1) is 0 Å². The quantitative estimate of drug-likeness (QED) is 0.754. The van der Waals surface area contributed by atoms with Crippen LogP contribution in [-0.4, -0.2) is 33.0 Å². The zero-order chi connectivity index (χ0) is 10.9. The van der Waals surface area contributed by atoms with Gasteiger partial charge in [0.1, 0.15) is 0 Å². The van der Waals surface area contributed by atoms with E-state index in [4.69, 9.17) is 11.6 Å². The molecule has 0 N–H and O–H groups in total. The van der Waals surface area contributed by atoms with Crippen LogP contribution in [0.3, 0.4) is 0 Å². The number of nitrogens with zero attached hydrogens (tertiary/aromatic N) is 1. The second kappa shape index (κ2) is 4.02. The molecule has 1 aliphatic rings. The summed E-state index contributed by atoms with van der Waals surface area (Å²) in [4.78, 5) is 2.05. The summed E-state index contributed by atoms with van der Waals surface area (Å²) in [6.07, 6.45) is 0. The molecule has 1 saturated heterocycles. The molecule has 15 heavy (non-hydrogen) atoms. The van der Waals surface area contributed by atoms with Crippen LogP contribution < -0.4 is 4.90 Å². The van der Waals surface area contributed by atoms with E-state index in [1.165, 1.54) is 0 Å². The van der Waals surface area contributed by atoms with Gasteiger partial charge in [-0.15, -0.1) is 0 Å². The Morgan fingerprint density at radius 2 is 1.87 bits per heavy atom. The van der Waals surface area contributed by atoms with Gasteiger partial charge in [0.25, 0.3) is 0 Å². The SMILES string of the molecule is O=S1(=O)CCN(c2cccc(Cl)c2)CC1. The van der Waals surface area contributed by atoms with Crippen molar-refractivity contribution in [1.29, 1.82) is 0 Å². The van der Waals surface area contributed by atoms with Gasteiger partial charge in [-0.3, -0.25) is 0 Å². The van der Waals surface area contributed by atoms with Gasteiger partial charge in [0.05, 0.1) is 11.5 Å². The van der Waals surface area contributed by atoms with E-state index in [0.29, 0.717) is 18.1 Å². The van der Waals surface area contributed by atoms with Crippen LogP contribution >= 0.6 is 11.6 Å². The Bertz CT molecular complexity index is 444. The van der Waals surface area contributed by atoms with E-state index < -0.39 is 9.84 Å². The lowest BCUT2D eigenvalue weighted by molar-refractivity contribution is 0.587. The highest BCUT2D eigenvalue weighted by molar-refractivity contribution is 7.91. The first-order chi connectivity index (χ1) is 7.07. The highest BCUT2D eigenvalue weighted by Gasteiger charge is 2.21. The van der Waals surface area contributed by atoms with Crippen LogP contribution in [0.5, 0.6) is 0 Å². The molecule has 0 atom stereocenters. The zero-order valence-corrected chi connectivity index (χ0v) is 9.76. The molecule has 82 valence electrons. The Morgan fingerprint density at radius 3 is 2.47 bits per heavy atom. The van der Waals surface area contributed by atoms with E-state index in [1.807, 2.05) is 29.2 Å². The molecule has 0 amide bonds. The van der Waals surface area contributed by atoms with Crippen LogP contribution in [-0.2, 0) is 9.84 Å². The van der Waals surface area contributed by atoms with Gasteiger partial charge in [-0.05, 0) is 18.2 Å². The Hall–Kier alpha value is -0.740. The van der Waals surface area contributed by atoms with Gasteiger partial charge in [-0.1, -0.05) is 17.7 Å². The maximum absolute atomic E-state index is 11.2. The fourth-order valence-electron chi connectivity index (χ4n) is 1.64. The van der Waals surface area contributed by atoms with Crippen molar-refractivity contribution in [3.05, 3.63) is 29.3 Å². The van der Waals surface area contributed by atoms with Gasteiger partial charge in [0.15, 0.2) is 9.84 Å². The average Bonchev–Trinajstić information content (AvgIpc) is 2.17. The molecule has 1 aromatic carbocycles. The van der Waals surface area contributed by atoms with Crippen LogP contribution in [0.25, 0.3) is 0 Å². The van der Waals surface area contributed by atoms with Crippen LogP contribution in [0.1, 0.15) is 0 Å². The first-order valence-corrected chi connectivity index (χ1v) is 6.98. The lowest BCUT2D eigenvalue weighted by Crippen LogP contribution is -2.40. The molecule has 0 bridgehead atoms. The van der Waals surface area contributed by atoms with E-state index in [0.717, 1.165) is 5.69 Å². The third kappa shape index (κ3) is 2.63. The maximum atomic E-state index is 11.2. The Labute approximate surface area is 94.6 Å². The summed E-state index contributed by atoms with van der Waals surface area (Å²) in [5.74, 6) is 0.471. The summed E-state index contributed by atoms with van der Waals surface area (Å²) in [6.45, 7) is 1.12. The van der Waals surface area contributed by atoms with E-state index in [2.05, 4.69) is 0 Å². The first kappa shape index (κ1) is 10.8. The normalized spacial score (nSPS) is 20.2. The lowest BCUT2D eigenvalue weighted by Gasteiger charge is -2.28. The predicted octanol–water partition coefficient (Wildman–Crippen LogP) is 1.57. The number of halogens is 1. The van der Waals surface area contributed by atoms with E-state index >= 15 is 0 Å². The summed E-state index contributed by atoms with van der Waals surface area (Å²) < 4.78 is 22.5. The largest absolute Gasteiger partial charge is 0.369 e. The Morgan fingerprint density at radius 1 is 1.20 bits per heavy atom. The fourth-order valence-corrected chi connectivity index (χ4v) is 3.03. The number of rotatable bonds is 1. The Kier molecular flexibility index (Phi) is 2.89. The van der Waals surface area contributed by atoms with E-state index in [9.17, 15) is 8.42 Å². The molecule has 1 fully saturated rings. The molecule has 0 aromatic heterocycles. The molecule has 0 aliphatic carbocycles. The van der Waals surface area contributed by atoms with Gasteiger partial charge >= 0.3 is 0 Å². The van der Waals surface area contributed by atoms with Crippen molar-refractivity contribution in [3.8, 4) is 0 Å². The molecule has 0 unspecified atom stereocenters. The van der Waals surface area contributed by atoms with Gasteiger partial charge in [0.2, 0.25) is 0 Å². The number of benzene rings is 1. The predicted molar refractivity (Wildman–Crippen MR) is 62.3 cm³/mol. The van der Waals surface area contributed by atoms with Crippen LogP contribution in [0.4, 0.5) is 5.69 Å². The standard InChI is InChI=1S/C10H12ClNO2S/c11-9-2-1-3-10(8-9)12-4-6-15(13,14)7-5-12/h1-3,8H,4-7H2. The first-order valence-electron chi connectivity index (χ1n) is 4.78. The Balaban J connectivity index is 2.14.